The van der Waals surface area contributed by atoms with Crippen LogP contribution in [0.2, 0.25) is 5.02 Å². The van der Waals surface area contributed by atoms with E-state index in [2.05, 4.69) is 217 Å². The van der Waals surface area contributed by atoms with E-state index in [0.29, 0.717) is 5.02 Å². The molecule has 0 aliphatic carbocycles. The van der Waals surface area contributed by atoms with E-state index in [-0.39, 0.29) is 16.2 Å². The Balaban J connectivity index is 1.37. The van der Waals surface area contributed by atoms with E-state index in [1.807, 2.05) is 24.3 Å². The number of para-hydroxylation sites is 2. The highest BCUT2D eigenvalue weighted by Gasteiger charge is 2.29. The van der Waals surface area contributed by atoms with Crippen molar-refractivity contribution < 1.29 is 4.42 Å². The third kappa shape index (κ3) is 8.25. The highest BCUT2D eigenvalue weighted by atomic mass is 79.9. The maximum Gasteiger partial charge on any atom is 0.143 e. The minimum atomic E-state index is -0.179. The quantitative estimate of drug-likeness (QED) is 0.159. The number of rotatable bonds is 7. The molecule has 0 aliphatic rings. The Morgan fingerprint density at radius 3 is 1.54 bits per heavy atom. The number of furan rings is 1. The number of hydrogen-bond acceptors (Lipinski definition) is 3. The number of hydrogen-bond donors (Lipinski definition) is 0. The van der Waals surface area contributed by atoms with Gasteiger partial charge < -0.3 is 14.2 Å². The molecule has 0 spiro atoms. The molecule has 5 heteroatoms. The van der Waals surface area contributed by atoms with Crippen LogP contribution in [0, 0.1) is 13.8 Å². The summed E-state index contributed by atoms with van der Waals surface area (Å²) >= 11 is 11.2. The van der Waals surface area contributed by atoms with Crippen molar-refractivity contribution in [3.8, 4) is 11.1 Å². The van der Waals surface area contributed by atoms with Gasteiger partial charge in [0.05, 0.1) is 21.5 Å². The number of halogens is 2. The second-order valence-corrected chi connectivity index (χ2v) is 20.8. The normalized spacial score (nSPS) is 12.3. The molecule has 7 aromatic carbocycles. The van der Waals surface area contributed by atoms with Crippen LogP contribution < -0.4 is 9.80 Å². The third-order valence-corrected chi connectivity index (χ3v) is 12.9. The van der Waals surface area contributed by atoms with Gasteiger partial charge in [0, 0.05) is 38.4 Å². The molecule has 8 rings (SSSR count). The van der Waals surface area contributed by atoms with Gasteiger partial charge in [-0.1, -0.05) is 141 Å². The molecule has 3 nitrogen and oxygen atoms in total. The molecule has 8 aromatic rings. The van der Waals surface area contributed by atoms with Gasteiger partial charge in [-0.05, 0) is 152 Å². The maximum absolute atomic E-state index is 6.86. The zero-order valence-electron chi connectivity index (χ0n) is 37.3. The van der Waals surface area contributed by atoms with Crippen molar-refractivity contribution >= 4 is 83.6 Å². The van der Waals surface area contributed by atoms with E-state index in [0.717, 1.165) is 82.8 Å². The van der Waals surface area contributed by atoms with E-state index < -0.39 is 0 Å². The fourth-order valence-corrected chi connectivity index (χ4v) is 9.21. The van der Waals surface area contributed by atoms with Crippen molar-refractivity contribution in [1.29, 1.82) is 0 Å². The Morgan fingerprint density at radius 1 is 0.492 bits per heavy atom. The first kappa shape index (κ1) is 42.4. The molecular weight excluding hydrogens is 832 g/mol. The molecule has 1 aromatic heterocycles. The predicted molar refractivity (Wildman–Crippen MR) is 267 cm³/mol. The highest BCUT2D eigenvalue weighted by Crippen LogP contribution is 2.51. The molecular formula is C56H56BrClN2O. The van der Waals surface area contributed by atoms with Crippen LogP contribution in [-0.4, -0.2) is 0 Å². The van der Waals surface area contributed by atoms with Gasteiger partial charge in [-0.2, -0.15) is 0 Å². The molecule has 0 aliphatic heterocycles. The number of aryl methyl sites for hydroxylation is 2. The van der Waals surface area contributed by atoms with Gasteiger partial charge >= 0.3 is 0 Å². The van der Waals surface area contributed by atoms with Crippen molar-refractivity contribution in [3.63, 3.8) is 0 Å². The largest absolute Gasteiger partial charge is 0.455 e. The molecule has 0 atom stereocenters. The standard InChI is InChI=1S/C56H56BrClN2O/c1-35-30-37(45-19-15-20-47-46-18-12-13-21-50(46)61-53(45)47)31-36(2)52(35)60(44-17-14-16-41(58)34-44)49-33-40(56(9,10)11)32-48(51(49)57)59(42-26-22-38(23-27-42)54(3,4)5)43-28-24-39(25-29-43)55(6,7)8/h12-34H,1-11H3. The van der Waals surface area contributed by atoms with Crippen molar-refractivity contribution in [2.45, 2.75) is 92.4 Å². The summed E-state index contributed by atoms with van der Waals surface area (Å²) in [5, 5.41) is 2.92. The monoisotopic (exact) mass is 886 g/mol. The number of benzene rings is 7. The first-order valence-corrected chi connectivity index (χ1v) is 22.4. The topological polar surface area (TPSA) is 19.6 Å². The second kappa shape index (κ2) is 15.9. The fourth-order valence-electron chi connectivity index (χ4n) is 8.44. The van der Waals surface area contributed by atoms with E-state index >= 15 is 0 Å². The average molecular weight is 888 g/mol. The van der Waals surface area contributed by atoms with Crippen LogP contribution in [0.25, 0.3) is 33.1 Å². The van der Waals surface area contributed by atoms with Crippen LogP contribution in [0.3, 0.4) is 0 Å². The van der Waals surface area contributed by atoms with E-state index in [4.69, 9.17) is 16.0 Å². The minimum Gasteiger partial charge on any atom is -0.455 e. The summed E-state index contributed by atoms with van der Waals surface area (Å²) in [6.45, 7) is 24.9. The smallest absolute Gasteiger partial charge is 0.143 e. The Bertz CT molecular complexity index is 2820. The average Bonchev–Trinajstić information content (AvgIpc) is 3.58. The van der Waals surface area contributed by atoms with Crippen molar-refractivity contribution in [3.05, 3.63) is 177 Å². The van der Waals surface area contributed by atoms with Crippen LogP contribution in [0.15, 0.2) is 148 Å². The first-order valence-electron chi connectivity index (χ1n) is 21.2. The molecule has 0 saturated carbocycles. The zero-order valence-corrected chi connectivity index (χ0v) is 39.7. The van der Waals surface area contributed by atoms with Crippen LogP contribution in [0.1, 0.15) is 90.1 Å². The van der Waals surface area contributed by atoms with E-state index in [9.17, 15) is 0 Å². The first-order chi connectivity index (χ1) is 28.8. The fraction of sp³-hybridized carbons (Fsp3) is 0.250. The number of anilines is 6. The Labute approximate surface area is 376 Å². The van der Waals surface area contributed by atoms with E-state index in [1.165, 1.54) is 16.7 Å². The SMILES string of the molecule is Cc1cc(-c2cccc3c2oc2ccccc23)cc(C)c1N(c1cccc(Cl)c1)c1cc(C(C)(C)C)cc(N(c2ccc(C(C)(C)C)cc2)c2ccc(C(C)(C)C)cc2)c1Br. The lowest BCUT2D eigenvalue weighted by Crippen LogP contribution is -2.20. The summed E-state index contributed by atoms with van der Waals surface area (Å²) in [7, 11) is 0. The van der Waals surface area contributed by atoms with Crippen molar-refractivity contribution in [2.75, 3.05) is 9.80 Å². The minimum absolute atomic E-state index is 0.0267. The van der Waals surface area contributed by atoms with Crippen molar-refractivity contribution in [1.82, 2.24) is 0 Å². The lowest BCUT2D eigenvalue weighted by Gasteiger charge is -2.35. The molecule has 0 saturated heterocycles. The molecule has 0 unspecified atom stereocenters. The Morgan fingerprint density at radius 2 is 1.00 bits per heavy atom. The predicted octanol–water partition coefficient (Wildman–Crippen LogP) is 18.1. The molecule has 1 heterocycles. The summed E-state index contributed by atoms with van der Waals surface area (Å²) < 4.78 is 7.49. The second-order valence-electron chi connectivity index (χ2n) is 19.6. The van der Waals surface area contributed by atoms with Crippen LogP contribution >= 0.6 is 27.5 Å². The van der Waals surface area contributed by atoms with Gasteiger partial charge in [0.25, 0.3) is 0 Å². The molecule has 0 radical (unpaired) electrons. The highest BCUT2D eigenvalue weighted by molar-refractivity contribution is 9.10. The van der Waals surface area contributed by atoms with Crippen molar-refractivity contribution in [2.24, 2.45) is 0 Å². The van der Waals surface area contributed by atoms with Gasteiger partial charge in [0.15, 0.2) is 0 Å². The Hall–Kier alpha value is -5.29. The maximum atomic E-state index is 6.86. The third-order valence-electron chi connectivity index (χ3n) is 11.9. The Kier molecular flexibility index (Phi) is 11.0. The molecule has 0 amide bonds. The van der Waals surface area contributed by atoms with Gasteiger partial charge in [0.2, 0.25) is 0 Å². The van der Waals surface area contributed by atoms with Crippen LogP contribution in [0.4, 0.5) is 34.1 Å². The summed E-state index contributed by atoms with van der Waals surface area (Å²) in [6.07, 6.45) is 0. The van der Waals surface area contributed by atoms with Gasteiger partial charge in [-0.3, -0.25) is 0 Å². The van der Waals surface area contributed by atoms with Gasteiger partial charge in [-0.15, -0.1) is 0 Å². The van der Waals surface area contributed by atoms with Crippen LogP contribution in [-0.2, 0) is 16.2 Å². The zero-order chi connectivity index (χ0) is 43.6. The number of fused-ring (bicyclic) bond motifs is 3. The lowest BCUT2D eigenvalue weighted by atomic mass is 9.85. The number of nitrogens with zero attached hydrogens (tertiary/aromatic N) is 2. The van der Waals surface area contributed by atoms with Gasteiger partial charge in [-0.25, -0.2) is 0 Å². The molecule has 61 heavy (non-hydrogen) atoms. The molecule has 0 fully saturated rings. The molecule has 310 valence electrons. The summed E-state index contributed by atoms with van der Waals surface area (Å²) in [4.78, 5) is 4.78. The van der Waals surface area contributed by atoms with E-state index in [1.54, 1.807) is 0 Å². The van der Waals surface area contributed by atoms with Crippen LogP contribution in [0.5, 0.6) is 0 Å². The summed E-state index contributed by atoms with van der Waals surface area (Å²) in [5.74, 6) is 0. The summed E-state index contributed by atoms with van der Waals surface area (Å²) in [6, 6.07) is 50.3. The lowest BCUT2D eigenvalue weighted by molar-refractivity contribution is 0.589. The molecule has 0 N–H and O–H groups in total. The van der Waals surface area contributed by atoms with Gasteiger partial charge in [0.1, 0.15) is 11.2 Å². The summed E-state index contributed by atoms with van der Waals surface area (Å²) in [5.41, 5.74) is 16.2. The molecule has 0 bridgehead atoms.